The van der Waals surface area contributed by atoms with Crippen LogP contribution in [-0.4, -0.2) is 35.6 Å². The summed E-state index contributed by atoms with van der Waals surface area (Å²) >= 11 is 0. The Morgan fingerprint density at radius 2 is 2.00 bits per heavy atom. The van der Waals surface area contributed by atoms with Gasteiger partial charge in [-0.15, -0.1) is 0 Å². The lowest BCUT2D eigenvalue weighted by Gasteiger charge is -2.19. The molecule has 0 bridgehead atoms. The van der Waals surface area contributed by atoms with E-state index in [1.807, 2.05) is 40.1 Å². The number of oxazole rings is 1. The number of carbonyl (C=O) groups is 1. The number of carbonyl (C=O) groups excluding carboxylic acids is 1. The van der Waals surface area contributed by atoms with Crippen LogP contribution >= 0.6 is 0 Å². The molecular weight excluding hydrogens is 456 g/mol. The molecule has 0 radical (unpaired) electrons. The number of nitrogens with zero attached hydrogens (tertiary/aromatic N) is 6. The molecule has 0 unspecified atom stereocenters. The zero-order chi connectivity index (χ0) is 25.3. The molecular formula is C26H30N8O2. The second kappa shape index (κ2) is 9.52. The molecule has 1 amide bonds. The third-order valence-electron chi connectivity index (χ3n) is 6.17. The molecule has 1 aromatic carbocycles. The van der Waals surface area contributed by atoms with Gasteiger partial charge in [-0.25, -0.2) is 15.0 Å². The van der Waals surface area contributed by atoms with Crippen LogP contribution in [0.4, 0.5) is 11.6 Å². The number of hydrogen-bond acceptors (Lipinski definition) is 8. The van der Waals surface area contributed by atoms with Crippen molar-refractivity contribution in [2.45, 2.75) is 57.9 Å². The fourth-order valence-electron chi connectivity index (χ4n) is 4.34. The van der Waals surface area contributed by atoms with Crippen molar-refractivity contribution in [2.75, 3.05) is 5.32 Å². The van der Waals surface area contributed by atoms with Crippen LogP contribution in [0.3, 0.4) is 0 Å². The Hall–Kier alpha value is -4.08. The van der Waals surface area contributed by atoms with Crippen LogP contribution in [0.25, 0.3) is 11.4 Å². The molecule has 0 saturated heterocycles. The summed E-state index contributed by atoms with van der Waals surface area (Å²) in [4.78, 5) is 30.5. The van der Waals surface area contributed by atoms with Crippen LogP contribution in [0.1, 0.15) is 73.6 Å². The first-order valence-electron chi connectivity index (χ1n) is 12.1. The van der Waals surface area contributed by atoms with Gasteiger partial charge in [-0.05, 0) is 36.5 Å². The number of aromatic nitrogens is 6. The average Bonchev–Trinajstić information content (AvgIpc) is 3.46. The molecule has 1 atom stereocenters. The Labute approximate surface area is 209 Å². The summed E-state index contributed by atoms with van der Waals surface area (Å²) < 4.78 is 7.45. The Morgan fingerprint density at radius 3 is 2.75 bits per heavy atom. The van der Waals surface area contributed by atoms with Gasteiger partial charge in [0.25, 0.3) is 5.91 Å². The summed E-state index contributed by atoms with van der Waals surface area (Å²) in [6.07, 6.45) is 10.4. The zero-order valence-electron chi connectivity index (χ0n) is 20.9. The van der Waals surface area contributed by atoms with Crippen molar-refractivity contribution in [2.24, 2.45) is 7.05 Å². The Balaban J connectivity index is 1.36. The maximum absolute atomic E-state index is 13.0. The highest BCUT2D eigenvalue weighted by Crippen LogP contribution is 2.32. The predicted molar refractivity (Wildman–Crippen MR) is 135 cm³/mol. The van der Waals surface area contributed by atoms with Crippen molar-refractivity contribution < 1.29 is 9.21 Å². The van der Waals surface area contributed by atoms with E-state index in [9.17, 15) is 4.79 Å². The molecule has 10 nitrogen and oxygen atoms in total. The summed E-state index contributed by atoms with van der Waals surface area (Å²) in [6.45, 7) is 6.01. The minimum atomic E-state index is -0.258. The second-order valence-electron chi connectivity index (χ2n) is 10.1. The highest BCUT2D eigenvalue weighted by atomic mass is 16.4. The van der Waals surface area contributed by atoms with Crippen molar-refractivity contribution in [3.8, 4) is 11.4 Å². The van der Waals surface area contributed by atoms with Crippen molar-refractivity contribution in [1.82, 2.24) is 35.0 Å². The molecule has 1 aliphatic rings. The van der Waals surface area contributed by atoms with Gasteiger partial charge in [-0.2, -0.15) is 10.1 Å². The van der Waals surface area contributed by atoms with E-state index in [2.05, 4.69) is 47.8 Å². The lowest BCUT2D eigenvalue weighted by molar-refractivity contribution is 0.0903. The van der Waals surface area contributed by atoms with E-state index in [0.29, 0.717) is 17.7 Å². The van der Waals surface area contributed by atoms with Gasteiger partial charge in [-0.1, -0.05) is 39.3 Å². The van der Waals surface area contributed by atoms with Gasteiger partial charge < -0.3 is 15.1 Å². The molecule has 5 rings (SSSR count). The molecule has 0 fully saturated rings. The number of hydrogen-bond donors (Lipinski definition) is 2. The van der Waals surface area contributed by atoms with Crippen LogP contribution in [0.5, 0.6) is 0 Å². The van der Waals surface area contributed by atoms with Crippen molar-refractivity contribution in [3.05, 3.63) is 65.9 Å². The lowest BCUT2D eigenvalue weighted by Crippen LogP contribution is -2.28. The van der Waals surface area contributed by atoms with Crippen LogP contribution in [-0.2, 0) is 18.9 Å². The molecule has 1 aliphatic carbocycles. The molecule has 3 heterocycles. The number of benzene rings is 1. The summed E-state index contributed by atoms with van der Waals surface area (Å²) in [5.41, 5.74) is 3.75. The van der Waals surface area contributed by atoms with E-state index in [1.165, 1.54) is 18.1 Å². The number of anilines is 2. The Bertz CT molecular complexity index is 1380. The van der Waals surface area contributed by atoms with Crippen LogP contribution in [0.15, 0.2) is 47.5 Å². The highest BCUT2D eigenvalue weighted by molar-refractivity contribution is 5.91. The first-order chi connectivity index (χ1) is 17.3. The number of fused-ring (bicyclic) bond motifs is 1. The van der Waals surface area contributed by atoms with E-state index >= 15 is 0 Å². The summed E-state index contributed by atoms with van der Waals surface area (Å²) in [5.74, 6) is 1.58. The maximum atomic E-state index is 13.0. The lowest BCUT2D eigenvalue weighted by atomic mass is 9.96. The molecule has 10 heteroatoms. The van der Waals surface area contributed by atoms with E-state index in [-0.39, 0.29) is 23.1 Å². The van der Waals surface area contributed by atoms with Gasteiger partial charge in [-0.3, -0.25) is 9.48 Å². The van der Waals surface area contributed by atoms with E-state index in [1.54, 1.807) is 10.9 Å². The second-order valence-corrected chi connectivity index (χ2v) is 10.1. The average molecular weight is 487 g/mol. The van der Waals surface area contributed by atoms with Gasteiger partial charge in [0, 0.05) is 24.2 Å². The van der Waals surface area contributed by atoms with Gasteiger partial charge in [0.2, 0.25) is 17.6 Å². The number of rotatable bonds is 5. The molecule has 2 N–H and O–H groups in total. The smallest absolute Gasteiger partial charge is 0.289 e. The van der Waals surface area contributed by atoms with Crippen LogP contribution in [0.2, 0.25) is 0 Å². The molecule has 4 aromatic rings. The SMILES string of the molecule is Cn1cc(Nc2ncnc(-c3ccc4c(c3)CCCC[C@@H]4NC(=O)c3cnc(C(C)(C)C)o3)n2)cn1. The van der Waals surface area contributed by atoms with Gasteiger partial charge in [0.1, 0.15) is 6.33 Å². The zero-order valence-corrected chi connectivity index (χ0v) is 20.9. The van der Waals surface area contributed by atoms with Gasteiger partial charge in [0.15, 0.2) is 5.82 Å². The van der Waals surface area contributed by atoms with E-state index < -0.39 is 0 Å². The molecule has 0 spiro atoms. The summed E-state index contributed by atoms with van der Waals surface area (Å²) in [7, 11) is 1.85. The minimum absolute atomic E-state index is 0.103. The highest BCUT2D eigenvalue weighted by Gasteiger charge is 2.26. The van der Waals surface area contributed by atoms with Gasteiger partial charge in [0.05, 0.1) is 24.1 Å². The monoisotopic (exact) mass is 486 g/mol. The Kier molecular flexibility index (Phi) is 6.26. The predicted octanol–water partition coefficient (Wildman–Crippen LogP) is 4.50. The first-order valence-corrected chi connectivity index (χ1v) is 12.1. The van der Waals surface area contributed by atoms with Gasteiger partial charge >= 0.3 is 0 Å². The maximum Gasteiger partial charge on any atom is 0.289 e. The standard InChI is InChI=1S/C26H30N8O2/c1-26(2,3)24-27-13-21(36-24)23(35)32-20-8-6-5-7-16-11-17(9-10-19(16)20)22-28-15-29-25(33-22)31-18-12-30-34(4)14-18/h9-15,20H,5-8H2,1-4H3,(H,32,35)(H,28,29,31,33)/t20-/m0/s1. The largest absolute Gasteiger partial charge is 0.435 e. The molecule has 3 aromatic heterocycles. The number of nitrogens with one attached hydrogen (secondary N) is 2. The minimum Gasteiger partial charge on any atom is -0.435 e. The van der Waals surface area contributed by atoms with Crippen LogP contribution in [0, 0.1) is 0 Å². The van der Waals surface area contributed by atoms with Crippen molar-refractivity contribution in [1.29, 1.82) is 0 Å². The third kappa shape index (κ3) is 5.12. The number of aryl methyl sites for hydroxylation is 2. The molecule has 0 saturated carbocycles. The summed E-state index contributed by atoms with van der Waals surface area (Å²) in [6, 6.07) is 6.08. The Morgan fingerprint density at radius 1 is 1.14 bits per heavy atom. The topological polar surface area (TPSA) is 124 Å². The first kappa shape index (κ1) is 23.7. The fraction of sp³-hybridized carbons (Fsp3) is 0.385. The van der Waals surface area contributed by atoms with E-state index in [4.69, 9.17) is 4.42 Å². The number of amides is 1. The third-order valence-corrected chi connectivity index (χ3v) is 6.17. The molecule has 36 heavy (non-hydrogen) atoms. The molecule has 186 valence electrons. The van der Waals surface area contributed by atoms with Crippen molar-refractivity contribution >= 4 is 17.5 Å². The summed E-state index contributed by atoms with van der Waals surface area (Å²) in [5, 5.41) is 10.5. The fourth-order valence-corrected chi connectivity index (χ4v) is 4.34. The normalized spacial score (nSPS) is 15.7. The molecule has 0 aliphatic heterocycles. The van der Waals surface area contributed by atoms with E-state index in [0.717, 1.165) is 42.5 Å². The van der Waals surface area contributed by atoms with Crippen molar-refractivity contribution in [3.63, 3.8) is 0 Å². The van der Waals surface area contributed by atoms with Crippen LogP contribution < -0.4 is 10.6 Å². The quantitative estimate of drug-likeness (QED) is 0.395.